The fraction of sp³-hybridized carbons (Fsp3) is 0.158. The number of ether oxygens (including phenoxy) is 1. The van der Waals surface area contributed by atoms with Gasteiger partial charge in [0.15, 0.2) is 6.61 Å². The van der Waals surface area contributed by atoms with Gasteiger partial charge in [0.05, 0.1) is 11.0 Å². The Hall–Kier alpha value is -3.08. The van der Waals surface area contributed by atoms with Gasteiger partial charge in [0.1, 0.15) is 5.75 Å². The summed E-state index contributed by atoms with van der Waals surface area (Å²) in [5, 5.41) is 2.81. The van der Waals surface area contributed by atoms with Crippen molar-refractivity contribution in [2.45, 2.75) is 13.5 Å². The lowest BCUT2D eigenvalue weighted by atomic mass is 10.2. The molecule has 3 rings (SSSR count). The first-order valence-electron chi connectivity index (χ1n) is 7.73. The molecule has 5 heteroatoms. The maximum atomic E-state index is 12.2. The summed E-state index contributed by atoms with van der Waals surface area (Å²) in [7, 11) is 0. The molecule has 122 valence electrons. The Kier molecular flexibility index (Phi) is 4.61. The van der Waals surface area contributed by atoms with Crippen LogP contribution in [-0.2, 0) is 11.3 Å². The number of nitrogens with one attached hydrogen (secondary N) is 1. The van der Waals surface area contributed by atoms with Crippen LogP contribution in [0.3, 0.4) is 0 Å². The van der Waals surface area contributed by atoms with Crippen LogP contribution in [-0.4, -0.2) is 22.1 Å². The topological polar surface area (TPSA) is 56.2 Å². The number of hydrogen-bond acceptors (Lipinski definition) is 3. The van der Waals surface area contributed by atoms with E-state index in [-0.39, 0.29) is 12.5 Å². The fourth-order valence-electron chi connectivity index (χ4n) is 2.43. The molecule has 5 nitrogen and oxygen atoms in total. The van der Waals surface area contributed by atoms with E-state index in [0.717, 1.165) is 16.6 Å². The summed E-state index contributed by atoms with van der Waals surface area (Å²) < 4.78 is 7.41. The number of rotatable bonds is 6. The number of benzene rings is 2. The zero-order valence-corrected chi connectivity index (χ0v) is 13.5. The molecule has 1 N–H and O–H groups in total. The Balaban J connectivity index is 1.71. The fourth-order valence-corrected chi connectivity index (χ4v) is 2.43. The van der Waals surface area contributed by atoms with Crippen LogP contribution < -0.4 is 10.1 Å². The molecule has 0 aliphatic heterocycles. The molecule has 1 aromatic heterocycles. The molecule has 1 heterocycles. The first-order chi connectivity index (χ1) is 11.7. The third-order valence-corrected chi connectivity index (χ3v) is 3.61. The zero-order valence-electron chi connectivity index (χ0n) is 13.5. The van der Waals surface area contributed by atoms with Crippen molar-refractivity contribution in [3.63, 3.8) is 0 Å². The first kappa shape index (κ1) is 15.8. The maximum Gasteiger partial charge on any atom is 0.264 e. The van der Waals surface area contributed by atoms with Crippen LogP contribution >= 0.6 is 0 Å². The van der Waals surface area contributed by atoms with Gasteiger partial charge in [0.2, 0.25) is 5.95 Å². The quantitative estimate of drug-likeness (QED) is 0.706. The molecular weight excluding hydrogens is 302 g/mol. The van der Waals surface area contributed by atoms with E-state index in [1.807, 2.05) is 60.0 Å². The Morgan fingerprint density at radius 2 is 2.00 bits per heavy atom. The van der Waals surface area contributed by atoms with E-state index in [1.165, 1.54) is 0 Å². The summed E-state index contributed by atoms with van der Waals surface area (Å²) in [6.07, 6.45) is 1.77. The highest BCUT2D eigenvalue weighted by atomic mass is 16.5. The molecule has 3 aromatic rings. The minimum Gasteiger partial charge on any atom is -0.484 e. The first-order valence-corrected chi connectivity index (χ1v) is 7.73. The predicted molar refractivity (Wildman–Crippen MR) is 95.2 cm³/mol. The zero-order chi connectivity index (χ0) is 16.9. The van der Waals surface area contributed by atoms with Gasteiger partial charge in [0, 0.05) is 6.54 Å². The van der Waals surface area contributed by atoms with E-state index in [0.29, 0.717) is 18.2 Å². The SMILES string of the molecule is C=CCn1c(NC(=O)COc2ccc(C)cc2)nc2ccccc21. The summed E-state index contributed by atoms with van der Waals surface area (Å²) >= 11 is 0. The predicted octanol–water partition coefficient (Wildman–Crippen LogP) is 3.55. The second-order valence-corrected chi connectivity index (χ2v) is 5.47. The number of carbonyl (C=O) groups excluding carboxylic acids is 1. The van der Waals surface area contributed by atoms with E-state index in [9.17, 15) is 4.79 Å². The highest BCUT2D eigenvalue weighted by molar-refractivity contribution is 5.92. The molecule has 0 saturated carbocycles. The highest BCUT2D eigenvalue weighted by Gasteiger charge is 2.12. The van der Waals surface area contributed by atoms with Gasteiger partial charge in [0.25, 0.3) is 5.91 Å². The van der Waals surface area contributed by atoms with E-state index in [4.69, 9.17) is 4.74 Å². The Labute approximate surface area is 140 Å². The molecule has 0 fully saturated rings. The molecule has 0 bridgehead atoms. The van der Waals surface area contributed by atoms with E-state index in [2.05, 4.69) is 16.9 Å². The van der Waals surface area contributed by atoms with Crippen LogP contribution in [0.15, 0.2) is 61.2 Å². The molecule has 2 aromatic carbocycles. The lowest BCUT2D eigenvalue weighted by Crippen LogP contribution is -2.22. The number of amides is 1. The van der Waals surface area contributed by atoms with Gasteiger partial charge in [-0.2, -0.15) is 0 Å². The normalized spacial score (nSPS) is 10.5. The number of para-hydroxylation sites is 2. The molecule has 0 radical (unpaired) electrons. The van der Waals surface area contributed by atoms with Crippen LogP contribution in [0.5, 0.6) is 5.75 Å². The van der Waals surface area contributed by atoms with Crippen molar-refractivity contribution in [2.24, 2.45) is 0 Å². The monoisotopic (exact) mass is 321 g/mol. The molecule has 0 saturated heterocycles. The molecule has 0 aliphatic carbocycles. The summed E-state index contributed by atoms with van der Waals surface area (Å²) in [4.78, 5) is 16.6. The van der Waals surface area contributed by atoms with Crippen molar-refractivity contribution < 1.29 is 9.53 Å². The molecule has 0 aliphatic rings. The van der Waals surface area contributed by atoms with Crippen molar-refractivity contribution in [1.82, 2.24) is 9.55 Å². The molecular formula is C19H19N3O2. The third kappa shape index (κ3) is 3.46. The van der Waals surface area contributed by atoms with Crippen LogP contribution in [0.4, 0.5) is 5.95 Å². The van der Waals surface area contributed by atoms with Crippen molar-refractivity contribution in [3.05, 3.63) is 66.7 Å². The van der Waals surface area contributed by atoms with Crippen LogP contribution in [0.25, 0.3) is 11.0 Å². The Morgan fingerprint density at radius 1 is 1.25 bits per heavy atom. The van der Waals surface area contributed by atoms with Gasteiger partial charge >= 0.3 is 0 Å². The Bertz CT molecular complexity index is 866. The molecule has 0 atom stereocenters. The van der Waals surface area contributed by atoms with E-state index in [1.54, 1.807) is 6.08 Å². The van der Waals surface area contributed by atoms with Gasteiger partial charge in [-0.15, -0.1) is 6.58 Å². The lowest BCUT2D eigenvalue weighted by Gasteiger charge is -2.09. The number of allylic oxidation sites excluding steroid dienone is 1. The summed E-state index contributed by atoms with van der Waals surface area (Å²) in [6, 6.07) is 15.3. The average Bonchev–Trinajstić information content (AvgIpc) is 2.92. The Morgan fingerprint density at radius 3 is 2.75 bits per heavy atom. The van der Waals surface area contributed by atoms with Crippen molar-refractivity contribution in [1.29, 1.82) is 0 Å². The van der Waals surface area contributed by atoms with Crippen LogP contribution in [0.2, 0.25) is 0 Å². The number of fused-ring (bicyclic) bond motifs is 1. The smallest absolute Gasteiger partial charge is 0.264 e. The van der Waals surface area contributed by atoms with Crippen molar-refractivity contribution >= 4 is 22.9 Å². The van der Waals surface area contributed by atoms with Gasteiger partial charge in [-0.05, 0) is 31.2 Å². The van der Waals surface area contributed by atoms with Gasteiger partial charge in [-0.1, -0.05) is 35.9 Å². The highest BCUT2D eigenvalue weighted by Crippen LogP contribution is 2.19. The molecule has 0 spiro atoms. The molecule has 24 heavy (non-hydrogen) atoms. The second-order valence-electron chi connectivity index (χ2n) is 5.47. The largest absolute Gasteiger partial charge is 0.484 e. The van der Waals surface area contributed by atoms with Gasteiger partial charge in [-0.25, -0.2) is 4.98 Å². The van der Waals surface area contributed by atoms with Crippen LogP contribution in [0.1, 0.15) is 5.56 Å². The van der Waals surface area contributed by atoms with E-state index < -0.39 is 0 Å². The summed E-state index contributed by atoms with van der Waals surface area (Å²) in [5.74, 6) is 0.903. The number of hydrogen-bond donors (Lipinski definition) is 1. The standard InChI is InChI=1S/C19H19N3O2/c1-3-12-22-17-7-5-4-6-16(17)20-19(22)21-18(23)13-24-15-10-8-14(2)9-11-15/h3-11H,1,12-13H2,2H3,(H,20,21,23). The molecule has 1 amide bonds. The van der Waals surface area contributed by atoms with Crippen molar-refractivity contribution in [2.75, 3.05) is 11.9 Å². The second kappa shape index (κ2) is 7.00. The number of nitrogens with zero attached hydrogens (tertiary/aromatic N) is 2. The number of imidazole rings is 1. The van der Waals surface area contributed by atoms with Gasteiger partial charge < -0.3 is 9.30 Å². The minimum absolute atomic E-state index is 0.0691. The minimum atomic E-state index is -0.254. The van der Waals surface area contributed by atoms with Gasteiger partial charge in [-0.3, -0.25) is 10.1 Å². The molecule has 0 unspecified atom stereocenters. The van der Waals surface area contributed by atoms with Crippen LogP contribution in [0, 0.1) is 6.92 Å². The lowest BCUT2D eigenvalue weighted by molar-refractivity contribution is -0.118. The number of carbonyl (C=O) groups is 1. The number of anilines is 1. The maximum absolute atomic E-state index is 12.2. The average molecular weight is 321 g/mol. The number of aryl methyl sites for hydroxylation is 1. The van der Waals surface area contributed by atoms with E-state index >= 15 is 0 Å². The third-order valence-electron chi connectivity index (χ3n) is 3.61. The summed E-state index contributed by atoms with van der Waals surface area (Å²) in [5.41, 5.74) is 2.92. The van der Waals surface area contributed by atoms with Crippen molar-refractivity contribution in [3.8, 4) is 5.75 Å². The number of aromatic nitrogens is 2. The summed E-state index contributed by atoms with van der Waals surface area (Å²) in [6.45, 7) is 6.26.